The Morgan fingerprint density at radius 2 is 1.44 bits per heavy atom. The number of hydrogen-bond donors (Lipinski definition) is 0. The largest absolute Gasteiger partial charge is 0.456 e. The molecule has 0 atom stereocenters. The molecule has 0 N–H and O–H groups in total. The Labute approximate surface area is 198 Å². The number of carbonyl (C=O) groups excluding carboxylic acids is 2. The number of esters is 1. The fourth-order valence-electron chi connectivity index (χ4n) is 4.29. The van der Waals surface area contributed by atoms with Crippen molar-refractivity contribution in [2.24, 2.45) is 0 Å². The summed E-state index contributed by atoms with van der Waals surface area (Å²) >= 11 is 0. The van der Waals surface area contributed by atoms with Gasteiger partial charge in [0, 0.05) is 12.6 Å². The number of amides is 1. The second kappa shape index (κ2) is 9.75. The summed E-state index contributed by atoms with van der Waals surface area (Å²) in [7, 11) is 0. The molecule has 0 bridgehead atoms. The lowest BCUT2D eigenvalue weighted by Gasteiger charge is -2.24. The number of nitrogens with zero attached hydrogens (tertiary/aromatic N) is 3. The fourth-order valence-corrected chi connectivity index (χ4v) is 4.29. The van der Waals surface area contributed by atoms with Crippen LogP contribution in [0, 0.1) is 0 Å². The second-order valence-corrected chi connectivity index (χ2v) is 8.28. The Morgan fingerprint density at radius 3 is 2.12 bits per heavy atom. The molecule has 1 aromatic heterocycles. The van der Waals surface area contributed by atoms with E-state index in [2.05, 4.69) is 5.10 Å². The van der Waals surface area contributed by atoms with Crippen LogP contribution in [0.2, 0.25) is 0 Å². The molecule has 1 aliphatic rings. The van der Waals surface area contributed by atoms with Crippen LogP contribution in [-0.2, 0) is 33.6 Å². The van der Waals surface area contributed by atoms with Gasteiger partial charge in [-0.25, -0.2) is 4.68 Å². The minimum atomic E-state index is -0.405. The first-order valence-corrected chi connectivity index (χ1v) is 11.4. The molecule has 0 fully saturated rings. The van der Waals surface area contributed by atoms with E-state index in [4.69, 9.17) is 4.74 Å². The Kier molecular flexibility index (Phi) is 6.21. The number of carbonyl (C=O) groups is 2. The molecular weight excluding hydrogens is 426 g/mol. The maximum Gasteiger partial charge on any atom is 0.306 e. The van der Waals surface area contributed by atoms with Crippen molar-refractivity contribution in [2.45, 2.75) is 25.7 Å². The van der Waals surface area contributed by atoms with Crippen LogP contribution in [0.3, 0.4) is 0 Å². The molecular formula is C28H25N3O3. The number of para-hydroxylation sites is 3. The molecule has 170 valence electrons. The van der Waals surface area contributed by atoms with Crippen LogP contribution in [0.1, 0.15) is 23.1 Å². The molecule has 0 radical (unpaired) electrons. The highest BCUT2D eigenvalue weighted by atomic mass is 16.5. The van der Waals surface area contributed by atoms with Crippen LogP contribution in [0.25, 0.3) is 5.69 Å². The molecule has 34 heavy (non-hydrogen) atoms. The summed E-state index contributed by atoms with van der Waals surface area (Å²) in [5, 5.41) is 4.36. The second-order valence-electron chi connectivity index (χ2n) is 8.28. The zero-order chi connectivity index (χ0) is 23.3. The summed E-state index contributed by atoms with van der Waals surface area (Å²) in [6.45, 7) is -0.301. The van der Waals surface area contributed by atoms with Gasteiger partial charge in [-0.2, -0.15) is 5.10 Å². The van der Waals surface area contributed by atoms with Gasteiger partial charge in [0.05, 0.1) is 23.3 Å². The van der Waals surface area contributed by atoms with E-state index in [1.165, 1.54) is 0 Å². The van der Waals surface area contributed by atoms with E-state index in [-0.39, 0.29) is 18.9 Å². The van der Waals surface area contributed by atoms with Crippen LogP contribution in [0.5, 0.6) is 0 Å². The number of anilines is 2. The van der Waals surface area contributed by atoms with E-state index in [9.17, 15) is 9.59 Å². The predicted molar refractivity (Wildman–Crippen MR) is 130 cm³/mol. The van der Waals surface area contributed by atoms with E-state index in [0.717, 1.165) is 46.6 Å². The standard InChI is InChI=1S/C28H25N3O3/c32-27(31-25-12-6-4-8-22(25)15-16-23-9-5-7-13-26(23)31)20-34-28(33)17-14-21-18-29-30(19-21)24-10-2-1-3-11-24/h1-13,18-19H,14-17,20H2. The third-order valence-corrected chi connectivity index (χ3v) is 6.01. The van der Waals surface area contributed by atoms with E-state index in [1.807, 2.05) is 85.1 Å². The topological polar surface area (TPSA) is 64.4 Å². The van der Waals surface area contributed by atoms with Gasteiger partial charge in [0.2, 0.25) is 0 Å². The summed E-state index contributed by atoms with van der Waals surface area (Å²) in [6.07, 6.45) is 6.03. The average Bonchev–Trinajstić information content (AvgIpc) is 3.29. The maximum absolute atomic E-state index is 13.3. The normalized spacial score (nSPS) is 12.4. The van der Waals surface area contributed by atoms with Crippen molar-refractivity contribution in [1.82, 2.24) is 9.78 Å². The van der Waals surface area contributed by atoms with E-state index < -0.39 is 5.97 Å². The smallest absolute Gasteiger partial charge is 0.306 e. The third kappa shape index (κ3) is 4.62. The van der Waals surface area contributed by atoms with E-state index in [0.29, 0.717) is 6.42 Å². The highest BCUT2D eigenvalue weighted by Crippen LogP contribution is 2.36. The van der Waals surface area contributed by atoms with Crippen molar-refractivity contribution in [2.75, 3.05) is 11.5 Å². The molecule has 1 aliphatic heterocycles. The molecule has 2 heterocycles. The van der Waals surface area contributed by atoms with Crippen molar-refractivity contribution in [3.63, 3.8) is 0 Å². The fraction of sp³-hybridized carbons (Fsp3) is 0.179. The zero-order valence-electron chi connectivity index (χ0n) is 18.8. The van der Waals surface area contributed by atoms with Gasteiger partial charge in [0.25, 0.3) is 5.91 Å². The Hall–Kier alpha value is -4.19. The molecule has 0 saturated carbocycles. The van der Waals surface area contributed by atoms with E-state index in [1.54, 1.807) is 15.8 Å². The Balaban J connectivity index is 1.23. The molecule has 0 aliphatic carbocycles. The number of fused-ring (bicyclic) bond motifs is 2. The highest BCUT2D eigenvalue weighted by molar-refractivity contribution is 6.03. The first-order valence-electron chi connectivity index (χ1n) is 11.4. The molecule has 6 heteroatoms. The van der Waals surface area contributed by atoms with Gasteiger partial charge in [-0.1, -0.05) is 54.6 Å². The molecule has 3 aromatic carbocycles. The van der Waals surface area contributed by atoms with Crippen molar-refractivity contribution < 1.29 is 14.3 Å². The van der Waals surface area contributed by atoms with Gasteiger partial charge in [0.1, 0.15) is 0 Å². The molecule has 6 nitrogen and oxygen atoms in total. The molecule has 4 aromatic rings. The van der Waals surface area contributed by atoms with Gasteiger partial charge in [-0.05, 0) is 60.2 Å². The predicted octanol–water partition coefficient (Wildman–Crippen LogP) is 4.81. The number of hydrogen-bond acceptors (Lipinski definition) is 4. The lowest BCUT2D eigenvalue weighted by molar-refractivity contribution is -0.147. The van der Waals surface area contributed by atoms with Crippen molar-refractivity contribution in [3.05, 3.63) is 108 Å². The maximum atomic E-state index is 13.3. The molecule has 0 spiro atoms. The average molecular weight is 452 g/mol. The van der Waals surface area contributed by atoms with E-state index >= 15 is 0 Å². The number of benzene rings is 3. The minimum Gasteiger partial charge on any atom is -0.456 e. The monoisotopic (exact) mass is 451 g/mol. The summed E-state index contributed by atoms with van der Waals surface area (Å²) < 4.78 is 7.16. The number of aryl methyl sites for hydroxylation is 3. The van der Waals surface area contributed by atoms with Gasteiger partial charge in [0.15, 0.2) is 6.61 Å². The van der Waals surface area contributed by atoms with Crippen LogP contribution >= 0.6 is 0 Å². The first-order chi connectivity index (χ1) is 16.7. The van der Waals surface area contributed by atoms with Crippen LogP contribution in [-0.4, -0.2) is 28.3 Å². The summed E-state index contributed by atoms with van der Waals surface area (Å²) in [5.41, 5.74) is 5.80. The molecule has 0 unspecified atom stereocenters. The first kappa shape index (κ1) is 21.6. The number of ether oxygens (including phenoxy) is 1. The van der Waals surface area contributed by atoms with Crippen molar-refractivity contribution >= 4 is 23.3 Å². The van der Waals surface area contributed by atoms with Crippen LogP contribution in [0.4, 0.5) is 11.4 Å². The molecule has 0 saturated heterocycles. The zero-order valence-corrected chi connectivity index (χ0v) is 18.8. The lowest BCUT2D eigenvalue weighted by Crippen LogP contribution is -2.31. The highest BCUT2D eigenvalue weighted by Gasteiger charge is 2.26. The molecule has 1 amide bonds. The summed E-state index contributed by atoms with van der Waals surface area (Å²) in [4.78, 5) is 27.4. The van der Waals surface area contributed by atoms with Crippen molar-refractivity contribution in [1.29, 1.82) is 0 Å². The van der Waals surface area contributed by atoms with Gasteiger partial charge in [-0.15, -0.1) is 0 Å². The van der Waals surface area contributed by atoms with Crippen LogP contribution < -0.4 is 4.90 Å². The Bertz CT molecular complexity index is 1270. The summed E-state index contributed by atoms with van der Waals surface area (Å²) in [6, 6.07) is 25.6. The minimum absolute atomic E-state index is 0.181. The van der Waals surface area contributed by atoms with Crippen molar-refractivity contribution in [3.8, 4) is 5.69 Å². The SMILES string of the molecule is O=C(CCc1cnn(-c2ccccc2)c1)OCC(=O)N1c2ccccc2CCc2ccccc21. The molecule has 5 rings (SSSR count). The van der Waals surface area contributed by atoms with Gasteiger partial charge in [-0.3, -0.25) is 14.5 Å². The Morgan fingerprint density at radius 1 is 0.824 bits per heavy atom. The number of rotatable bonds is 6. The lowest BCUT2D eigenvalue weighted by atomic mass is 10.0. The summed E-state index contributed by atoms with van der Waals surface area (Å²) in [5.74, 6) is -0.663. The third-order valence-electron chi connectivity index (χ3n) is 6.01. The van der Waals surface area contributed by atoms with Gasteiger partial charge >= 0.3 is 5.97 Å². The van der Waals surface area contributed by atoms with Gasteiger partial charge < -0.3 is 4.74 Å². The number of aromatic nitrogens is 2. The quantitative estimate of drug-likeness (QED) is 0.395. The van der Waals surface area contributed by atoms with Crippen LogP contribution in [0.15, 0.2) is 91.3 Å².